The molecule has 0 aromatic heterocycles. The number of allylic oxidation sites excluding steroid dienone is 1. The molecule has 33 heavy (non-hydrogen) atoms. The number of anilines is 1. The summed E-state index contributed by atoms with van der Waals surface area (Å²) < 4.78 is 66.5. The number of hydrogen-bond donors (Lipinski definition) is 4. The third-order valence-corrected chi connectivity index (χ3v) is 6.21. The molecule has 0 bridgehead atoms. The van der Waals surface area contributed by atoms with E-state index in [2.05, 4.69) is 15.7 Å². The summed E-state index contributed by atoms with van der Waals surface area (Å²) in [4.78, 5) is 3.64. The standard InChI is InChI=1S/C20H19N3O8S2/c1-3-4-12-5-6-14(11-17(12)32(25,26)27)21-22-19-18(33(28,29)30)10-13-9-15(23-31-2)7-8-16(13)20(19)24/h3-11,23-24H,1-2H3,(H,25,26,27)(H,28,29,30)/b4-3+,22-21?. The van der Waals surface area contributed by atoms with E-state index in [9.17, 15) is 31.0 Å². The minimum atomic E-state index is -4.83. The van der Waals surface area contributed by atoms with Gasteiger partial charge in [0, 0.05) is 5.39 Å². The molecule has 0 radical (unpaired) electrons. The molecule has 13 heteroatoms. The molecule has 0 atom stereocenters. The van der Waals surface area contributed by atoms with Crippen molar-refractivity contribution >= 4 is 54.1 Å². The Morgan fingerprint density at radius 3 is 2.24 bits per heavy atom. The normalized spacial score (nSPS) is 12.7. The zero-order valence-electron chi connectivity index (χ0n) is 17.3. The lowest BCUT2D eigenvalue weighted by molar-refractivity contribution is 0.271. The molecule has 11 nitrogen and oxygen atoms in total. The lowest BCUT2D eigenvalue weighted by atomic mass is 10.1. The SMILES string of the molecule is C/C=C/c1ccc(N=Nc2c(S(=O)(=O)O)cc3cc(NOC)ccc3c2O)cc1S(=O)(=O)O. The molecule has 4 N–H and O–H groups in total. The second-order valence-electron chi connectivity index (χ2n) is 6.69. The van der Waals surface area contributed by atoms with Gasteiger partial charge >= 0.3 is 0 Å². The van der Waals surface area contributed by atoms with Gasteiger partial charge in [-0.1, -0.05) is 18.2 Å². The van der Waals surface area contributed by atoms with E-state index in [0.29, 0.717) is 5.69 Å². The number of fused-ring (bicyclic) bond motifs is 1. The number of nitrogens with zero attached hydrogens (tertiary/aromatic N) is 2. The van der Waals surface area contributed by atoms with Crippen molar-refractivity contribution in [2.24, 2.45) is 10.2 Å². The van der Waals surface area contributed by atoms with Gasteiger partial charge in [-0.2, -0.15) is 21.9 Å². The summed E-state index contributed by atoms with van der Waals surface area (Å²) in [5.74, 6) is -0.576. The maximum Gasteiger partial charge on any atom is 0.296 e. The number of azo groups is 1. The van der Waals surface area contributed by atoms with Gasteiger partial charge in [-0.3, -0.25) is 19.4 Å². The van der Waals surface area contributed by atoms with Gasteiger partial charge < -0.3 is 5.11 Å². The molecule has 3 rings (SSSR count). The maximum atomic E-state index is 12.0. The van der Waals surface area contributed by atoms with Crippen LogP contribution in [0.15, 0.2) is 68.6 Å². The Morgan fingerprint density at radius 1 is 0.939 bits per heavy atom. The minimum absolute atomic E-state index is 0.0590. The number of phenolic OH excluding ortho intramolecular Hbond substituents is 1. The average Bonchev–Trinajstić information content (AvgIpc) is 2.72. The molecular weight excluding hydrogens is 474 g/mol. The Balaban J connectivity index is 2.19. The molecule has 0 aliphatic heterocycles. The van der Waals surface area contributed by atoms with Crippen molar-refractivity contribution in [1.29, 1.82) is 0 Å². The zero-order chi connectivity index (χ0) is 24.4. The topological polar surface area (TPSA) is 175 Å². The zero-order valence-corrected chi connectivity index (χ0v) is 18.9. The van der Waals surface area contributed by atoms with Gasteiger partial charge in [0.1, 0.15) is 15.5 Å². The fraction of sp³-hybridized carbons (Fsp3) is 0.100. The Kier molecular flexibility index (Phi) is 6.81. The monoisotopic (exact) mass is 493 g/mol. The highest BCUT2D eigenvalue weighted by Gasteiger charge is 2.22. The first-order valence-corrected chi connectivity index (χ1v) is 12.1. The first kappa shape index (κ1) is 24.3. The third kappa shape index (κ3) is 5.35. The molecule has 3 aromatic rings. The predicted octanol–water partition coefficient (Wildman–Crippen LogP) is 4.46. The average molecular weight is 494 g/mol. The van der Waals surface area contributed by atoms with Crippen LogP contribution in [0, 0.1) is 0 Å². The molecule has 0 spiro atoms. The van der Waals surface area contributed by atoms with E-state index >= 15 is 0 Å². The second-order valence-corrected chi connectivity index (χ2v) is 9.47. The Morgan fingerprint density at radius 2 is 1.64 bits per heavy atom. The van der Waals surface area contributed by atoms with Gasteiger partial charge in [0.15, 0.2) is 5.75 Å². The van der Waals surface area contributed by atoms with Crippen molar-refractivity contribution < 1.29 is 35.9 Å². The van der Waals surface area contributed by atoms with Crippen molar-refractivity contribution in [3.05, 3.63) is 54.1 Å². The number of phenols is 1. The Hall–Kier alpha value is -3.36. The van der Waals surface area contributed by atoms with Crippen LogP contribution in [-0.4, -0.2) is 38.2 Å². The van der Waals surface area contributed by atoms with E-state index in [-0.39, 0.29) is 22.0 Å². The lowest BCUT2D eigenvalue weighted by Gasteiger charge is -2.10. The minimum Gasteiger partial charge on any atom is -0.505 e. The largest absolute Gasteiger partial charge is 0.505 e. The van der Waals surface area contributed by atoms with Crippen LogP contribution < -0.4 is 5.48 Å². The van der Waals surface area contributed by atoms with Crippen LogP contribution in [0.3, 0.4) is 0 Å². The van der Waals surface area contributed by atoms with E-state index in [1.54, 1.807) is 19.1 Å². The summed E-state index contributed by atoms with van der Waals surface area (Å²) in [6, 6.07) is 9.37. The van der Waals surface area contributed by atoms with Gasteiger partial charge in [-0.25, -0.2) is 0 Å². The van der Waals surface area contributed by atoms with E-state index < -0.39 is 41.5 Å². The predicted molar refractivity (Wildman–Crippen MR) is 121 cm³/mol. The number of nitrogens with one attached hydrogen (secondary N) is 1. The highest BCUT2D eigenvalue weighted by atomic mass is 32.2. The third-order valence-electron chi connectivity index (χ3n) is 4.44. The van der Waals surface area contributed by atoms with Crippen LogP contribution in [0.1, 0.15) is 12.5 Å². The summed E-state index contributed by atoms with van der Waals surface area (Å²) in [7, 11) is -8.04. The lowest BCUT2D eigenvalue weighted by Crippen LogP contribution is -2.00. The molecule has 0 heterocycles. The summed E-state index contributed by atoms with van der Waals surface area (Å²) in [6.45, 7) is 1.66. The Bertz CT molecular complexity index is 1500. The molecule has 0 aliphatic rings. The molecule has 0 saturated carbocycles. The molecule has 0 amide bonds. The number of hydrogen-bond acceptors (Lipinski definition) is 9. The van der Waals surface area contributed by atoms with Crippen LogP contribution >= 0.6 is 0 Å². The number of rotatable bonds is 7. The molecule has 0 fully saturated rings. The van der Waals surface area contributed by atoms with Crippen LogP contribution in [0.2, 0.25) is 0 Å². The maximum absolute atomic E-state index is 12.0. The van der Waals surface area contributed by atoms with Gasteiger partial charge in [0.25, 0.3) is 20.2 Å². The quantitative estimate of drug-likeness (QED) is 0.210. The van der Waals surface area contributed by atoms with E-state index in [4.69, 9.17) is 4.84 Å². The second kappa shape index (κ2) is 9.25. The van der Waals surface area contributed by atoms with Gasteiger partial charge in [-0.15, -0.1) is 5.11 Å². The fourth-order valence-electron chi connectivity index (χ4n) is 3.06. The summed E-state index contributed by atoms with van der Waals surface area (Å²) >= 11 is 0. The van der Waals surface area contributed by atoms with Crippen molar-refractivity contribution in [3.63, 3.8) is 0 Å². The van der Waals surface area contributed by atoms with Crippen molar-refractivity contribution in [1.82, 2.24) is 0 Å². The molecule has 0 aliphatic carbocycles. The van der Waals surface area contributed by atoms with E-state index in [1.165, 1.54) is 37.5 Å². The number of aromatic hydroxyl groups is 1. The summed E-state index contributed by atoms with van der Waals surface area (Å²) in [6.07, 6.45) is 3.03. The van der Waals surface area contributed by atoms with Crippen LogP contribution in [0.25, 0.3) is 16.8 Å². The van der Waals surface area contributed by atoms with Gasteiger partial charge in [0.05, 0.1) is 18.5 Å². The van der Waals surface area contributed by atoms with Crippen molar-refractivity contribution in [2.45, 2.75) is 16.7 Å². The van der Waals surface area contributed by atoms with Gasteiger partial charge in [0.2, 0.25) is 0 Å². The van der Waals surface area contributed by atoms with Crippen LogP contribution in [0.5, 0.6) is 5.75 Å². The first-order valence-electron chi connectivity index (χ1n) is 9.18. The van der Waals surface area contributed by atoms with Crippen LogP contribution in [-0.2, 0) is 25.1 Å². The van der Waals surface area contributed by atoms with Crippen LogP contribution in [0.4, 0.5) is 17.1 Å². The van der Waals surface area contributed by atoms with Crippen molar-refractivity contribution in [2.75, 3.05) is 12.6 Å². The fourth-order valence-corrected chi connectivity index (χ4v) is 4.42. The molecule has 3 aromatic carbocycles. The summed E-state index contributed by atoms with van der Waals surface area (Å²) in [5.41, 5.74) is 2.61. The van der Waals surface area contributed by atoms with E-state index in [0.717, 1.165) is 12.1 Å². The van der Waals surface area contributed by atoms with Gasteiger partial charge in [-0.05, 0) is 54.3 Å². The van der Waals surface area contributed by atoms with E-state index in [1.807, 2.05) is 0 Å². The highest BCUT2D eigenvalue weighted by molar-refractivity contribution is 7.86. The molecule has 174 valence electrons. The van der Waals surface area contributed by atoms with Crippen molar-refractivity contribution in [3.8, 4) is 5.75 Å². The summed E-state index contributed by atoms with van der Waals surface area (Å²) in [5, 5.41) is 18.7. The molecular formula is C20H19N3O8S2. The Labute approximate surface area is 189 Å². The number of benzene rings is 3. The molecule has 0 unspecified atom stereocenters. The smallest absolute Gasteiger partial charge is 0.296 e. The highest BCUT2D eigenvalue weighted by Crippen LogP contribution is 2.42. The molecule has 0 saturated heterocycles. The first-order chi connectivity index (χ1) is 15.5.